The summed E-state index contributed by atoms with van der Waals surface area (Å²) in [6.45, 7) is 0.505. The Balaban J connectivity index is 2.56. The molecule has 1 aliphatic rings. The van der Waals surface area contributed by atoms with E-state index in [1.165, 1.54) is 13.2 Å². The van der Waals surface area contributed by atoms with Crippen molar-refractivity contribution in [3.8, 4) is 5.75 Å². The van der Waals surface area contributed by atoms with E-state index in [-0.39, 0.29) is 11.1 Å². The molecule has 1 heterocycles. The zero-order chi connectivity index (χ0) is 12.4. The molecule has 17 heavy (non-hydrogen) atoms. The highest BCUT2D eigenvalue weighted by Gasteiger charge is 2.22. The van der Waals surface area contributed by atoms with Gasteiger partial charge in [-0.3, -0.25) is 0 Å². The maximum Gasteiger partial charge on any atom is 0.339 e. The summed E-state index contributed by atoms with van der Waals surface area (Å²) < 4.78 is 9.94. The molecule has 0 aromatic heterocycles. The van der Waals surface area contributed by atoms with Crippen molar-refractivity contribution < 1.29 is 24.2 Å². The monoisotopic (exact) mass is 236 g/mol. The van der Waals surface area contributed by atoms with E-state index in [2.05, 4.69) is 4.74 Å². The Kier molecular flexibility index (Phi) is 2.99. The molecule has 0 bridgehead atoms. The Bertz CT molecular complexity index is 478. The van der Waals surface area contributed by atoms with Gasteiger partial charge in [0.2, 0.25) is 0 Å². The van der Waals surface area contributed by atoms with E-state index in [0.29, 0.717) is 18.8 Å². The molecule has 1 aromatic carbocycles. The van der Waals surface area contributed by atoms with Crippen LogP contribution in [0.2, 0.25) is 0 Å². The largest absolute Gasteiger partial charge is 0.492 e. The van der Waals surface area contributed by atoms with Crippen LogP contribution in [-0.2, 0) is 11.2 Å². The van der Waals surface area contributed by atoms with Gasteiger partial charge in [0.15, 0.2) is 0 Å². The fourth-order valence-electron chi connectivity index (χ4n) is 1.88. The number of carbonyl (C=O) groups excluding carboxylic acids is 1. The van der Waals surface area contributed by atoms with Crippen LogP contribution in [0.5, 0.6) is 5.75 Å². The lowest BCUT2D eigenvalue weighted by molar-refractivity contribution is 0.0600. The zero-order valence-corrected chi connectivity index (χ0v) is 9.36. The Morgan fingerprint density at radius 1 is 1.41 bits per heavy atom. The lowest BCUT2D eigenvalue weighted by atomic mass is 9.99. The van der Waals surface area contributed by atoms with Crippen molar-refractivity contribution in [2.75, 3.05) is 13.7 Å². The highest BCUT2D eigenvalue weighted by Crippen LogP contribution is 2.30. The average Bonchev–Trinajstić information content (AvgIpc) is 2.36. The molecule has 0 amide bonds. The number of rotatable bonds is 2. The Hall–Kier alpha value is -2.04. The smallest absolute Gasteiger partial charge is 0.339 e. The highest BCUT2D eigenvalue weighted by molar-refractivity contribution is 5.97. The van der Waals surface area contributed by atoms with E-state index in [0.717, 1.165) is 12.0 Å². The normalized spacial score (nSPS) is 13.5. The molecule has 0 atom stereocenters. The van der Waals surface area contributed by atoms with Crippen molar-refractivity contribution in [3.63, 3.8) is 0 Å². The third kappa shape index (κ3) is 2.08. The Morgan fingerprint density at radius 3 is 2.82 bits per heavy atom. The highest BCUT2D eigenvalue weighted by atomic mass is 16.5. The van der Waals surface area contributed by atoms with E-state index < -0.39 is 11.9 Å². The molecular weight excluding hydrogens is 224 g/mol. The molecule has 1 aliphatic heterocycles. The predicted octanol–water partition coefficient (Wildman–Crippen LogP) is 1.50. The van der Waals surface area contributed by atoms with Crippen LogP contribution in [0.4, 0.5) is 0 Å². The fraction of sp³-hybridized carbons (Fsp3) is 0.333. The minimum absolute atomic E-state index is 0.0163. The summed E-state index contributed by atoms with van der Waals surface area (Å²) in [5.74, 6) is -1.27. The van der Waals surface area contributed by atoms with Crippen LogP contribution in [0.15, 0.2) is 12.1 Å². The van der Waals surface area contributed by atoms with Crippen LogP contribution in [-0.4, -0.2) is 30.8 Å². The van der Waals surface area contributed by atoms with Gasteiger partial charge in [0.1, 0.15) is 11.3 Å². The molecule has 0 radical (unpaired) electrons. The van der Waals surface area contributed by atoms with Gasteiger partial charge in [0, 0.05) is 0 Å². The van der Waals surface area contributed by atoms with Gasteiger partial charge in [-0.1, -0.05) is 0 Å². The Labute approximate surface area is 98.0 Å². The van der Waals surface area contributed by atoms with Crippen molar-refractivity contribution in [3.05, 3.63) is 28.8 Å². The molecule has 0 aliphatic carbocycles. The molecule has 0 spiro atoms. The number of methoxy groups -OCH3 is 1. The van der Waals surface area contributed by atoms with Crippen molar-refractivity contribution in [2.24, 2.45) is 0 Å². The van der Waals surface area contributed by atoms with Gasteiger partial charge in [-0.15, -0.1) is 0 Å². The summed E-state index contributed by atoms with van der Waals surface area (Å²) in [7, 11) is 1.26. The van der Waals surface area contributed by atoms with Gasteiger partial charge in [-0.05, 0) is 30.5 Å². The third-order valence-corrected chi connectivity index (χ3v) is 2.65. The van der Waals surface area contributed by atoms with Crippen LogP contribution < -0.4 is 4.74 Å². The number of carbonyl (C=O) groups is 2. The molecule has 0 fully saturated rings. The number of hydrogen-bond donors (Lipinski definition) is 1. The molecule has 5 heteroatoms. The maximum absolute atomic E-state index is 11.4. The summed E-state index contributed by atoms with van der Waals surface area (Å²) in [5, 5.41) is 9.09. The van der Waals surface area contributed by atoms with Crippen LogP contribution in [0.1, 0.15) is 32.7 Å². The van der Waals surface area contributed by atoms with Gasteiger partial charge in [-0.2, -0.15) is 0 Å². The first kappa shape index (κ1) is 11.4. The summed E-state index contributed by atoms with van der Waals surface area (Å²) in [6, 6.07) is 2.92. The van der Waals surface area contributed by atoms with Crippen LogP contribution >= 0.6 is 0 Å². The summed E-state index contributed by atoms with van der Waals surface area (Å²) in [4.78, 5) is 22.5. The lowest BCUT2D eigenvalue weighted by Crippen LogP contribution is -2.15. The zero-order valence-electron chi connectivity index (χ0n) is 9.36. The maximum atomic E-state index is 11.4. The molecule has 1 aromatic rings. The van der Waals surface area contributed by atoms with Crippen LogP contribution in [0.25, 0.3) is 0 Å². The summed E-state index contributed by atoms with van der Waals surface area (Å²) in [6.07, 6.45) is 1.52. The van der Waals surface area contributed by atoms with E-state index in [1.54, 1.807) is 6.07 Å². The average molecular weight is 236 g/mol. The minimum Gasteiger partial charge on any atom is -0.492 e. The molecule has 90 valence electrons. The molecule has 5 nitrogen and oxygen atoms in total. The summed E-state index contributed by atoms with van der Waals surface area (Å²) >= 11 is 0. The number of benzene rings is 1. The van der Waals surface area contributed by atoms with Crippen molar-refractivity contribution in [2.45, 2.75) is 12.8 Å². The topological polar surface area (TPSA) is 72.8 Å². The predicted molar refractivity (Wildman–Crippen MR) is 58.6 cm³/mol. The fourth-order valence-corrected chi connectivity index (χ4v) is 1.88. The van der Waals surface area contributed by atoms with E-state index in [9.17, 15) is 9.59 Å². The Morgan fingerprint density at radius 2 is 2.18 bits per heavy atom. The van der Waals surface area contributed by atoms with Gasteiger partial charge in [0.25, 0.3) is 0 Å². The quantitative estimate of drug-likeness (QED) is 0.787. The first-order valence-corrected chi connectivity index (χ1v) is 5.25. The van der Waals surface area contributed by atoms with Gasteiger partial charge in [0.05, 0.1) is 19.3 Å². The van der Waals surface area contributed by atoms with Gasteiger partial charge >= 0.3 is 11.9 Å². The third-order valence-electron chi connectivity index (χ3n) is 2.65. The van der Waals surface area contributed by atoms with Gasteiger partial charge < -0.3 is 14.6 Å². The number of ether oxygens (including phenoxy) is 2. The first-order chi connectivity index (χ1) is 8.13. The standard InChI is InChI=1S/C12H12O5/c1-16-12(15)8-5-7-3-2-4-17-10(7)9(6-8)11(13)14/h5-6H,2-4H2,1H3,(H,13,14). The van der Waals surface area contributed by atoms with Crippen molar-refractivity contribution >= 4 is 11.9 Å². The minimum atomic E-state index is -1.10. The molecule has 2 rings (SSSR count). The SMILES string of the molecule is COC(=O)c1cc2c(c(C(=O)O)c1)OCCC2. The summed E-state index contributed by atoms with van der Waals surface area (Å²) in [5.41, 5.74) is 1.01. The molecule has 0 unspecified atom stereocenters. The number of fused-ring (bicyclic) bond motifs is 1. The number of hydrogen-bond acceptors (Lipinski definition) is 4. The van der Waals surface area contributed by atoms with E-state index in [1.807, 2.05) is 0 Å². The molecule has 0 saturated heterocycles. The van der Waals surface area contributed by atoms with Gasteiger partial charge in [-0.25, -0.2) is 9.59 Å². The first-order valence-electron chi connectivity index (χ1n) is 5.25. The molecule has 0 saturated carbocycles. The number of carboxylic acid groups (broad SMARTS) is 1. The van der Waals surface area contributed by atoms with Crippen LogP contribution in [0.3, 0.4) is 0 Å². The number of esters is 1. The number of aryl methyl sites for hydroxylation is 1. The second kappa shape index (κ2) is 4.45. The lowest BCUT2D eigenvalue weighted by Gasteiger charge is -2.19. The second-order valence-corrected chi connectivity index (χ2v) is 3.76. The van der Waals surface area contributed by atoms with Crippen LogP contribution in [0, 0.1) is 0 Å². The molecule has 1 N–H and O–H groups in total. The number of carboxylic acids is 1. The van der Waals surface area contributed by atoms with E-state index in [4.69, 9.17) is 9.84 Å². The van der Waals surface area contributed by atoms with E-state index >= 15 is 0 Å². The molecular formula is C12H12O5. The second-order valence-electron chi connectivity index (χ2n) is 3.76. The van der Waals surface area contributed by atoms with Crippen molar-refractivity contribution in [1.29, 1.82) is 0 Å². The van der Waals surface area contributed by atoms with Crippen molar-refractivity contribution in [1.82, 2.24) is 0 Å². The number of aromatic carboxylic acids is 1.